The van der Waals surface area contributed by atoms with Gasteiger partial charge in [-0.15, -0.1) is 0 Å². The molecule has 132 valence electrons. The van der Waals surface area contributed by atoms with Crippen molar-refractivity contribution in [1.82, 2.24) is 0 Å². The van der Waals surface area contributed by atoms with Crippen molar-refractivity contribution in [2.75, 3.05) is 13.9 Å². The molecular weight excluding hydrogens is 519 g/mol. The maximum atomic E-state index is 6.30. The second-order valence-electron chi connectivity index (χ2n) is 7.32. The molecule has 0 amide bonds. The number of fused-ring (bicyclic) bond motifs is 1. The molecule has 0 radical (unpaired) electrons. The third-order valence-corrected chi connectivity index (χ3v) is 5.60. The molecule has 0 bridgehead atoms. The summed E-state index contributed by atoms with van der Waals surface area (Å²) < 4.78 is 26.5. The van der Waals surface area contributed by atoms with E-state index in [0.717, 1.165) is 27.5 Å². The van der Waals surface area contributed by atoms with E-state index in [-0.39, 0.29) is 6.79 Å². The fourth-order valence-corrected chi connectivity index (χ4v) is 3.59. The van der Waals surface area contributed by atoms with E-state index in [1.54, 1.807) is 7.11 Å². The first-order chi connectivity index (χ1) is 12.3. The van der Waals surface area contributed by atoms with Gasteiger partial charge in [0.15, 0.2) is 0 Å². The number of rotatable bonds is 4. The Hall–Kier alpha value is -1.07. The van der Waals surface area contributed by atoms with E-state index < -0.39 is 18.3 Å². The second-order valence-corrected chi connectivity index (χ2v) is 8.45. The minimum absolute atomic E-state index is 0.190. The summed E-state index contributed by atoms with van der Waals surface area (Å²) in [6.45, 7) is 8.41. The number of hydrogen-bond acceptors (Lipinski definition) is 4. The summed E-state index contributed by atoms with van der Waals surface area (Å²) >= 11 is 0.625. The Kier molecular flexibility index (Phi) is 5.68. The van der Waals surface area contributed by atoms with Crippen molar-refractivity contribution < 1.29 is 18.8 Å². The fourth-order valence-electron chi connectivity index (χ4n) is 2.98. The average molecular weight is 542 g/mol. The first kappa shape index (κ1) is 19.7. The Balaban J connectivity index is 2.19. The van der Waals surface area contributed by atoms with Crippen LogP contribution in [-0.4, -0.2) is 58.0 Å². The summed E-state index contributed by atoms with van der Waals surface area (Å²) in [5, 5.41) is 2.11. The molecule has 0 unspecified atom stereocenters. The summed E-state index contributed by atoms with van der Waals surface area (Å²) in [4.78, 5) is 0. The van der Waals surface area contributed by atoms with Crippen LogP contribution in [-0.2, 0) is 14.0 Å². The first-order valence-electron chi connectivity index (χ1n) is 8.55. The number of benzene rings is 2. The van der Waals surface area contributed by atoms with E-state index in [1.807, 2.05) is 24.3 Å². The summed E-state index contributed by atoms with van der Waals surface area (Å²) in [6, 6.07) is 10.1. The molecule has 1 aliphatic heterocycles. The average Bonchev–Trinajstić information content (AvgIpc) is 2.80. The summed E-state index contributed by atoms with van der Waals surface area (Å²) in [6.07, 6.45) is 0. The quantitative estimate of drug-likeness (QED) is 0.339. The van der Waals surface area contributed by atoms with Gasteiger partial charge in [-0.05, 0) is 0 Å². The van der Waals surface area contributed by atoms with E-state index in [4.69, 9.17) is 18.8 Å². The standard InChI is InChI=1S/C20H22BO4.Tl/c1-7-14-9-8-10-15-11-16(23-13-22-6)12-17(18(14)15)21-24-19(2,3)20(4,5)25-21;/h8-12H,13H2,2-6H3;. The van der Waals surface area contributed by atoms with Crippen molar-refractivity contribution in [2.24, 2.45) is 0 Å². The molecule has 0 spiro atoms. The molecule has 1 heterocycles. The van der Waals surface area contributed by atoms with Crippen LogP contribution in [0.1, 0.15) is 33.3 Å². The van der Waals surface area contributed by atoms with Gasteiger partial charge < -0.3 is 0 Å². The van der Waals surface area contributed by atoms with Gasteiger partial charge in [0.05, 0.1) is 0 Å². The number of hydrogen-bond donors (Lipinski definition) is 0. The summed E-state index contributed by atoms with van der Waals surface area (Å²) in [5.74, 6) is 3.99. The van der Waals surface area contributed by atoms with Gasteiger partial charge in [-0.25, -0.2) is 0 Å². The molecule has 2 aromatic carbocycles. The molecule has 1 saturated heterocycles. The Morgan fingerprint density at radius 1 is 1.12 bits per heavy atom. The van der Waals surface area contributed by atoms with Crippen LogP contribution in [0.2, 0.25) is 0 Å². The molecule has 26 heavy (non-hydrogen) atoms. The maximum absolute atomic E-state index is 6.30. The van der Waals surface area contributed by atoms with E-state index >= 15 is 0 Å². The molecule has 4 nitrogen and oxygen atoms in total. The van der Waals surface area contributed by atoms with E-state index in [2.05, 4.69) is 43.2 Å². The molecule has 1 fully saturated rings. The second kappa shape index (κ2) is 7.51. The van der Waals surface area contributed by atoms with Gasteiger partial charge in [-0.2, -0.15) is 0 Å². The third-order valence-electron chi connectivity index (χ3n) is 5.04. The summed E-state index contributed by atoms with van der Waals surface area (Å²) in [5.41, 5.74) is 1.11. The number of ether oxygens (including phenoxy) is 2. The van der Waals surface area contributed by atoms with Gasteiger partial charge in [0, 0.05) is 0 Å². The third kappa shape index (κ3) is 3.65. The van der Waals surface area contributed by atoms with Crippen LogP contribution in [0.25, 0.3) is 10.8 Å². The molecule has 0 saturated carbocycles. The summed E-state index contributed by atoms with van der Waals surface area (Å²) in [7, 11) is 1.13. The minimum atomic E-state index is -0.479. The SMILES string of the molecule is COCOc1cc(B2OC(C)(C)C(C)(C)O2)c2c(C#[C][Tl])cccc2c1. The van der Waals surface area contributed by atoms with Crippen LogP contribution in [0.3, 0.4) is 0 Å². The molecule has 1 aliphatic rings. The normalized spacial score (nSPS) is 17.8. The van der Waals surface area contributed by atoms with Crippen LogP contribution in [0.4, 0.5) is 0 Å². The predicted molar refractivity (Wildman–Crippen MR) is 105 cm³/mol. The molecule has 0 N–H and O–H groups in total. The van der Waals surface area contributed by atoms with Crippen LogP contribution in [0, 0.1) is 9.40 Å². The Morgan fingerprint density at radius 3 is 2.42 bits per heavy atom. The molecule has 0 aliphatic carbocycles. The zero-order valence-electron chi connectivity index (χ0n) is 15.9. The molecule has 0 aromatic heterocycles. The zero-order chi connectivity index (χ0) is 18.9. The van der Waals surface area contributed by atoms with Crippen molar-refractivity contribution in [3.8, 4) is 15.1 Å². The van der Waals surface area contributed by atoms with Crippen molar-refractivity contribution in [3.63, 3.8) is 0 Å². The first-order valence-corrected chi connectivity index (χ1v) is 10.8. The van der Waals surface area contributed by atoms with Gasteiger partial charge >= 0.3 is 172 Å². The van der Waals surface area contributed by atoms with Crippen LogP contribution < -0.4 is 10.2 Å². The number of methoxy groups -OCH3 is 1. The van der Waals surface area contributed by atoms with Gasteiger partial charge in [0.25, 0.3) is 0 Å². The van der Waals surface area contributed by atoms with Crippen LogP contribution in [0.5, 0.6) is 5.75 Å². The monoisotopic (exact) mass is 542 g/mol. The van der Waals surface area contributed by atoms with Crippen molar-refractivity contribution in [3.05, 3.63) is 35.9 Å². The predicted octanol–water partition coefficient (Wildman–Crippen LogP) is 2.60. The van der Waals surface area contributed by atoms with Gasteiger partial charge in [-0.3, -0.25) is 0 Å². The molecule has 3 rings (SSSR count). The van der Waals surface area contributed by atoms with Gasteiger partial charge in [0.1, 0.15) is 0 Å². The van der Waals surface area contributed by atoms with E-state index in [1.165, 1.54) is 0 Å². The van der Waals surface area contributed by atoms with E-state index in [9.17, 15) is 0 Å². The van der Waals surface area contributed by atoms with Crippen LogP contribution >= 0.6 is 0 Å². The van der Waals surface area contributed by atoms with Crippen LogP contribution in [0.15, 0.2) is 30.3 Å². The van der Waals surface area contributed by atoms with Crippen molar-refractivity contribution in [2.45, 2.75) is 38.9 Å². The molecule has 6 heteroatoms. The Bertz CT molecular complexity index is 866. The fraction of sp³-hybridized carbons (Fsp3) is 0.400. The van der Waals surface area contributed by atoms with E-state index in [0.29, 0.717) is 25.8 Å². The Morgan fingerprint density at radius 2 is 1.81 bits per heavy atom. The molecular formula is C20H22BO4Tl. The van der Waals surface area contributed by atoms with Gasteiger partial charge in [0.2, 0.25) is 0 Å². The molecule has 0 atom stereocenters. The molecule has 2 aromatic rings. The van der Waals surface area contributed by atoms with Crippen molar-refractivity contribution in [1.29, 1.82) is 0 Å². The Labute approximate surface area is 171 Å². The zero-order valence-corrected chi connectivity index (χ0v) is 20.4. The van der Waals surface area contributed by atoms with Gasteiger partial charge in [-0.1, -0.05) is 0 Å². The van der Waals surface area contributed by atoms with Crippen molar-refractivity contribution >= 4 is 49.1 Å². The topological polar surface area (TPSA) is 36.9 Å².